The third-order valence-electron chi connectivity index (χ3n) is 4.25. The van der Waals surface area contributed by atoms with Gasteiger partial charge in [-0.1, -0.05) is 37.8 Å². The number of rotatable bonds is 5. The lowest BCUT2D eigenvalue weighted by atomic mass is 9.82. The first-order valence-electron chi connectivity index (χ1n) is 7.18. The molecular formula is C14H24ClN3O. The van der Waals surface area contributed by atoms with E-state index in [-0.39, 0.29) is 12.1 Å². The Hall–Kier alpha value is -0.580. The van der Waals surface area contributed by atoms with E-state index in [4.69, 9.17) is 11.6 Å². The van der Waals surface area contributed by atoms with Crippen LogP contribution < -0.4 is 5.32 Å². The Morgan fingerprint density at radius 1 is 1.37 bits per heavy atom. The molecule has 1 aliphatic rings. The van der Waals surface area contributed by atoms with Crippen LogP contribution >= 0.6 is 11.6 Å². The molecule has 0 spiro atoms. The highest BCUT2D eigenvalue weighted by Gasteiger charge is 2.31. The van der Waals surface area contributed by atoms with Gasteiger partial charge in [0.2, 0.25) is 0 Å². The summed E-state index contributed by atoms with van der Waals surface area (Å²) in [6.45, 7) is 2.92. The maximum atomic E-state index is 9.69. The molecule has 1 saturated carbocycles. The van der Waals surface area contributed by atoms with Gasteiger partial charge in [-0.15, -0.1) is 0 Å². The molecule has 0 unspecified atom stereocenters. The molecule has 4 nitrogen and oxygen atoms in total. The summed E-state index contributed by atoms with van der Waals surface area (Å²) in [6, 6.07) is 0. The van der Waals surface area contributed by atoms with Crippen LogP contribution in [0.3, 0.4) is 0 Å². The maximum Gasteiger partial charge on any atom is 0.0863 e. The van der Waals surface area contributed by atoms with Crippen molar-refractivity contribution >= 4 is 11.6 Å². The van der Waals surface area contributed by atoms with Gasteiger partial charge in [-0.05, 0) is 19.3 Å². The number of aliphatic hydroxyl groups excluding tert-OH is 1. The van der Waals surface area contributed by atoms with Crippen molar-refractivity contribution in [2.75, 3.05) is 6.61 Å². The lowest BCUT2D eigenvalue weighted by Gasteiger charge is -2.36. The normalized spacial score (nSPS) is 18.7. The highest BCUT2D eigenvalue weighted by molar-refractivity contribution is 6.31. The summed E-state index contributed by atoms with van der Waals surface area (Å²) in [5, 5.41) is 18.4. The molecule has 0 atom stereocenters. The SMILES string of the molecule is CCc1nn(C)c(CNC2(CO)CCCCC2)c1Cl. The zero-order valence-electron chi connectivity index (χ0n) is 11.9. The van der Waals surface area contributed by atoms with Crippen molar-refractivity contribution < 1.29 is 5.11 Å². The molecule has 1 aromatic heterocycles. The van der Waals surface area contributed by atoms with Crippen molar-refractivity contribution in [2.45, 2.75) is 57.5 Å². The van der Waals surface area contributed by atoms with E-state index in [1.807, 2.05) is 11.7 Å². The molecule has 0 aromatic carbocycles. The van der Waals surface area contributed by atoms with Crippen LogP contribution in [0.1, 0.15) is 50.4 Å². The second kappa shape index (κ2) is 6.25. The molecule has 0 aliphatic heterocycles. The fraction of sp³-hybridized carbons (Fsp3) is 0.786. The fourth-order valence-corrected chi connectivity index (χ4v) is 3.26. The van der Waals surface area contributed by atoms with Gasteiger partial charge < -0.3 is 10.4 Å². The summed E-state index contributed by atoms with van der Waals surface area (Å²) in [7, 11) is 1.93. The smallest absolute Gasteiger partial charge is 0.0863 e. The van der Waals surface area contributed by atoms with Crippen LogP contribution in [0, 0.1) is 0 Å². The minimum Gasteiger partial charge on any atom is -0.394 e. The second-order valence-corrected chi connectivity index (χ2v) is 5.92. The molecule has 0 saturated heterocycles. The van der Waals surface area contributed by atoms with Gasteiger partial charge >= 0.3 is 0 Å². The number of aryl methyl sites for hydroxylation is 2. The second-order valence-electron chi connectivity index (χ2n) is 5.54. The maximum absolute atomic E-state index is 9.69. The Labute approximate surface area is 120 Å². The van der Waals surface area contributed by atoms with Gasteiger partial charge in [0.25, 0.3) is 0 Å². The lowest BCUT2D eigenvalue weighted by molar-refractivity contribution is 0.119. The van der Waals surface area contributed by atoms with E-state index in [2.05, 4.69) is 17.3 Å². The van der Waals surface area contributed by atoms with Crippen molar-refractivity contribution in [1.82, 2.24) is 15.1 Å². The summed E-state index contributed by atoms with van der Waals surface area (Å²) < 4.78 is 1.85. The molecule has 0 radical (unpaired) electrons. The fourth-order valence-electron chi connectivity index (χ4n) is 2.90. The first-order valence-corrected chi connectivity index (χ1v) is 7.56. The molecule has 1 fully saturated rings. The largest absolute Gasteiger partial charge is 0.394 e. The molecule has 1 aromatic rings. The monoisotopic (exact) mass is 285 g/mol. The van der Waals surface area contributed by atoms with Crippen LogP contribution in [-0.4, -0.2) is 27.0 Å². The number of aromatic nitrogens is 2. The van der Waals surface area contributed by atoms with E-state index >= 15 is 0 Å². The molecule has 0 amide bonds. The average molecular weight is 286 g/mol. The standard InChI is InChI=1S/C14H24ClN3O/c1-3-11-13(15)12(18(2)17-11)9-16-14(10-19)7-5-4-6-8-14/h16,19H,3-10H2,1-2H3. The first kappa shape index (κ1) is 14.8. The van der Waals surface area contributed by atoms with E-state index < -0.39 is 0 Å². The van der Waals surface area contributed by atoms with Gasteiger partial charge in [-0.25, -0.2) is 0 Å². The van der Waals surface area contributed by atoms with Crippen molar-refractivity contribution in [2.24, 2.45) is 7.05 Å². The summed E-state index contributed by atoms with van der Waals surface area (Å²) in [5.41, 5.74) is 1.83. The summed E-state index contributed by atoms with van der Waals surface area (Å²) in [5.74, 6) is 0. The quantitative estimate of drug-likeness (QED) is 0.873. The number of hydrogen-bond acceptors (Lipinski definition) is 3. The minimum atomic E-state index is -0.127. The van der Waals surface area contributed by atoms with Crippen LogP contribution in [-0.2, 0) is 20.0 Å². The third kappa shape index (κ3) is 3.12. The van der Waals surface area contributed by atoms with Crippen molar-refractivity contribution in [3.63, 3.8) is 0 Å². The molecular weight excluding hydrogens is 262 g/mol. The van der Waals surface area contributed by atoms with E-state index in [0.717, 1.165) is 35.7 Å². The molecule has 108 valence electrons. The predicted octanol–water partition coefficient (Wildman–Crippen LogP) is 2.42. The van der Waals surface area contributed by atoms with Crippen LogP contribution in [0.5, 0.6) is 0 Å². The summed E-state index contributed by atoms with van der Waals surface area (Å²) >= 11 is 6.35. The summed E-state index contributed by atoms with van der Waals surface area (Å²) in [6.07, 6.45) is 6.58. The number of nitrogens with one attached hydrogen (secondary N) is 1. The van der Waals surface area contributed by atoms with Crippen LogP contribution in [0.2, 0.25) is 5.02 Å². The zero-order valence-corrected chi connectivity index (χ0v) is 12.6. The number of halogens is 1. The minimum absolute atomic E-state index is 0.127. The Morgan fingerprint density at radius 3 is 2.58 bits per heavy atom. The van der Waals surface area contributed by atoms with Crippen molar-refractivity contribution in [1.29, 1.82) is 0 Å². The number of nitrogens with zero attached hydrogens (tertiary/aromatic N) is 2. The number of aliphatic hydroxyl groups is 1. The van der Waals surface area contributed by atoms with Gasteiger partial charge in [0.1, 0.15) is 0 Å². The Balaban J connectivity index is 2.07. The van der Waals surface area contributed by atoms with Gasteiger partial charge in [0.05, 0.1) is 23.0 Å². The first-order chi connectivity index (χ1) is 9.12. The predicted molar refractivity (Wildman–Crippen MR) is 77.3 cm³/mol. The van der Waals surface area contributed by atoms with E-state index in [9.17, 15) is 5.11 Å². The average Bonchev–Trinajstić information content (AvgIpc) is 2.72. The van der Waals surface area contributed by atoms with Gasteiger partial charge in [-0.3, -0.25) is 4.68 Å². The molecule has 0 bridgehead atoms. The lowest BCUT2D eigenvalue weighted by Crippen LogP contribution is -2.49. The Kier molecular flexibility index (Phi) is 4.87. The van der Waals surface area contributed by atoms with Crippen molar-refractivity contribution in [3.8, 4) is 0 Å². The van der Waals surface area contributed by atoms with Crippen LogP contribution in [0.4, 0.5) is 0 Å². The highest BCUT2D eigenvalue weighted by atomic mass is 35.5. The highest BCUT2D eigenvalue weighted by Crippen LogP contribution is 2.29. The third-order valence-corrected chi connectivity index (χ3v) is 4.68. The van der Waals surface area contributed by atoms with Gasteiger partial charge in [0.15, 0.2) is 0 Å². The number of hydrogen-bond donors (Lipinski definition) is 2. The molecule has 5 heteroatoms. The Morgan fingerprint density at radius 2 is 2.05 bits per heavy atom. The van der Waals surface area contributed by atoms with Crippen molar-refractivity contribution in [3.05, 3.63) is 16.4 Å². The Bertz CT molecular complexity index is 425. The van der Waals surface area contributed by atoms with Crippen LogP contribution in [0.25, 0.3) is 0 Å². The van der Waals surface area contributed by atoms with Gasteiger partial charge in [-0.2, -0.15) is 5.10 Å². The topological polar surface area (TPSA) is 50.1 Å². The molecule has 1 heterocycles. The van der Waals surface area contributed by atoms with E-state index in [1.54, 1.807) is 0 Å². The van der Waals surface area contributed by atoms with E-state index in [0.29, 0.717) is 6.54 Å². The van der Waals surface area contributed by atoms with E-state index in [1.165, 1.54) is 19.3 Å². The molecule has 19 heavy (non-hydrogen) atoms. The zero-order chi connectivity index (χ0) is 13.9. The molecule has 1 aliphatic carbocycles. The molecule has 2 N–H and O–H groups in total. The van der Waals surface area contributed by atoms with Gasteiger partial charge in [0, 0.05) is 19.1 Å². The molecule has 2 rings (SSSR count). The van der Waals surface area contributed by atoms with Crippen LogP contribution in [0.15, 0.2) is 0 Å². The summed E-state index contributed by atoms with van der Waals surface area (Å²) in [4.78, 5) is 0.